The van der Waals surface area contributed by atoms with E-state index in [4.69, 9.17) is 9.47 Å². The number of aromatic hydroxyl groups is 1. The van der Waals surface area contributed by atoms with Crippen LogP contribution in [-0.2, 0) is 25.5 Å². The molecule has 3 rings (SSSR count). The van der Waals surface area contributed by atoms with Gasteiger partial charge in [0.25, 0.3) is 0 Å². The molecule has 6 heteroatoms. The summed E-state index contributed by atoms with van der Waals surface area (Å²) < 4.78 is 10.3. The largest absolute Gasteiger partial charge is 0.507 e. The molecule has 2 bridgehead atoms. The number of fused-ring (bicyclic) bond motifs is 3. The second-order valence-electron chi connectivity index (χ2n) is 6.87. The number of aliphatic hydroxyl groups excluding tert-OH is 1. The Balaban J connectivity index is 2.19. The third-order valence-corrected chi connectivity index (χ3v) is 5.14. The molecule has 6 nitrogen and oxygen atoms in total. The lowest BCUT2D eigenvalue weighted by atomic mass is 9.83. The summed E-state index contributed by atoms with van der Waals surface area (Å²) >= 11 is 0. The van der Waals surface area contributed by atoms with E-state index in [0.29, 0.717) is 43.2 Å². The van der Waals surface area contributed by atoms with Crippen molar-refractivity contribution in [2.24, 2.45) is 0 Å². The van der Waals surface area contributed by atoms with Crippen molar-refractivity contribution in [3.63, 3.8) is 0 Å². The smallest absolute Gasteiger partial charge is 0.232 e. The van der Waals surface area contributed by atoms with Crippen LogP contribution in [-0.4, -0.2) is 42.1 Å². The highest BCUT2D eigenvalue weighted by molar-refractivity contribution is 6.38. The maximum atomic E-state index is 13.1. The number of rotatable bonds is 2. The molecule has 0 aliphatic heterocycles. The van der Waals surface area contributed by atoms with Gasteiger partial charge < -0.3 is 19.7 Å². The quantitative estimate of drug-likeness (QED) is 0.776. The number of aliphatic hydroxyl groups is 1. The van der Waals surface area contributed by atoms with Crippen LogP contribution in [0.2, 0.25) is 0 Å². The number of hydrogen-bond acceptors (Lipinski definition) is 6. The molecule has 0 radical (unpaired) electrons. The topological polar surface area (TPSA) is 93.1 Å². The predicted octanol–water partition coefficient (Wildman–Crippen LogP) is 2.67. The first-order chi connectivity index (χ1) is 13.0. The molecule has 0 spiro atoms. The number of benzene rings is 1. The second kappa shape index (κ2) is 7.96. The van der Waals surface area contributed by atoms with Gasteiger partial charge in [-0.05, 0) is 49.8 Å². The van der Waals surface area contributed by atoms with Gasteiger partial charge in [-0.2, -0.15) is 0 Å². The summed E-state index contributed by atoms with van der Waals surface area (Å²) in [5.74, 6) is -1.18. The minimum atomic E-state index is -0.464. The molecular formula is C21H24O6. The van der Waals surface area contributed by atoms with E-state index in [2.05, 4.69) is 0 Å². The standard InChI is InChI=1S/C21H24O6/c1-26-20-18(24)14-6-4-3-5-13(22)9-7-12-8-10-16(23)15(11-12)17(14)19(25)21(20)27-2/h8,10-11,13,22-23H,3-7,9H2,1-2H3/t13-/m1/s1. The lowest BCUT2D eigenvalue weighted by Crippen LogP contribution is -2.25. The molecule has 0 fully saturated rings. The van der Waals surface area contributed by atoms with Crippen molar-refractivity contribution in [2.45, 2.75) is 44.6 Å². The average Bonchev–Trinajstić information content (AvgIpc) is 2.65. The molecule has 0 saturated heterocycles. The zero-order chi connectivity index (χ0) is 19.6. The van der Waals surface area contributed by atoms with Gasteiger partial charge in [-0.1, -0.05) is 12.5 Å². The van der Waals surface area contributed by atoms with Gasteiger partial charge >= 0.3 is 0 Å². The number of phenolic OH excluding ortho intramolecular Hbond substituents is 1. The molecule has 2 N–H and O–H groups in total. The fraction of sp³-hybridized carbons (Fsp3) is 0.429. The van der Waals surface area contributed by atoms with Crippen LogP contribution in [0.15, 0.2) is 35.3 Å². The minimum Gasteiger partial charge on any atom is -0.507 e. The fourth-order valence-electron chi connectivity index (χ4n) is 3.70. The zero-order valence-corrected chi connectivity index (χ0v) is 15.6. The highest BCUT2D eigenvalue weighted by Crippen LogP contribution is 2.38. The normalized spacial score (nSPS) is 21.4. The molecular weight excluding hydrogens is 348 g/mol. The van der Waals surface area contributed by atoms with Crippen LogP contribution in [0, 0.1) is 0 Å². The summed E-state index contributed by atoms with van der Waals surface area (Å²) in [7, 11) is 2.65. The molecule has 0 aromatic heterocycles. The van der Waals surface area contributed by atoms with Crippen molar-refractivity contribution in [1.29, 1.82) is 0 Å². The number of allylic oxidation sites excluding steroid dienone is 2. The van der Waals surface area contributed by atoms with Crippen molar-refractivity contribution in [3.8, 4) is 5.75 Å². The van der Waals surface area contributed by atoms with Gasteiger partial charge in [-0.15, -0.1) is 0 Å². The third kappa shape index (κ3) is 3.62. The highest BCUT2D eigenvalue weighted by Gasteiger charge is 2.38. The lowest BCUT2D eigenvalue weighted by Gasteiger charge is -2.24. The molecule has 1 aromatic carbocycles. The molecule has 1 aromatic rings. The van der Waals surface area contributed by atoms with Crippen LogP contribution < -0.4 is 0 Å². The fourth-order valence-corrected chi connectivity index (χ4v) is 3.70. The Bertz CT molecular complexity index is 833. The summed E-state index contributed by atoms with van der Waals surface area (Å²) in [6, 6.07) is 5.00. The summed E-state index contributed by atoms with van der Waals surface area (Å²) in [5.41, 5.74) is 1.70. The maximum absolute atomic E-state index is 13.1. The number of ketones is 2. The molecule has 0 heterocycles. The summed E-state index contributed by atoms with van der Waals surface area (Å²) in [4.78, 5) is 26.1. The van der Waals surface area contributed by atoms with E-state index in [1.807, 2.05) is 0 Å². The number of hydrogen-bond donors (Lipinski definition) is 2. The summed E-state index contributed by atoms with van der Waals surface area (Å²) in [6.45, 7) is 0. The molecule has 2 aliphatic carbocycles. The van der Waals surface area contributed by atoms with Crippen molar-refractivity contribution < 1.29 is 29.3 Å². The van der Waals surface area contributed by atoms with Crippen molar-refractivity contribution in [3.05, 3.63) is 46.4 Å². The number of carbonyl (C=O) groups is 2. The monoisotopic (exact) mass is 372 g/mol. The number of phenols is 1. The average molecular weight is 372 g/mol. The minimum absolute atomic E-state index is 0.0682. The molecule has 1 atom stereocenters. The molecule has 0 saturated carbocycles. The van der Waals surface area contributed by atoms with E-state index in [0.717, 1.165) is 12.0 Å². The Morgan fingerprint density at radius 1 is 0.963 bits per heavy atom. The van der Waals surface area contributed by atoms with Gasteiger partial charge in [0.2, 0.25) is 23.1 Å². The first kappa shape index (κ1) is 19.2. The van der Waals surface area contributed by atoms with Crippen LogP contribution >= 0.6 is 0 Å². The molecule has 27 heavy (non-hydrogen) atoms. The van der Waals surface area contributed by atoms with Crippen molar-refractivity contribution in [1.82, 2.24) is 0 Å². The van der Waals surface area contributed by atoms with Crippen LogP contribution in [0.1, 0.15) is 43.2 Å². The first-order valence-electron chi connectivity index (χ1n) is 9.13. The summed E-state index contributed by atoms with van der Waals surface area (Å²) in [6.07, 6.45) is 3.21. The van der Waals surface area contributed by atoms with Gasteiger partial charge in [-0.3, -0.25) is 9.59 Å². The Labute approximate surface area is 158 Å². The number of carbonyl (C=O) groups excluding carboxylic acids is 2. The second-order valence-corrected chi connectivity index (χ2v) is 6.87. The number of Topliss-reactive ketones (excluding diaryl/α,β-unsaturated/α-hetero) is 2. The van der Waals surface area contributed by atoms with Crippen LogP contribution in [0.4, 0.5) is 0 Å². The van der Waals surface area contributed by atoms with E-state index in [-0.39, 0.29) is 22.8 Å². The Hall–Kier alpha value is -2.60. The maximum Gasteiger partial charge on any atom is 0.232 e. The van der Waals surface area contributed by atoms with Crippen LogP contribution in [0.3, 0.4) is 0 Å². The number of ether oxygens (including phenoxy) is 2. The van der Waals surface area contributed by atoms with E-state index in [9.17, 15) is 19.8 Å². The van der Waals surface area contributed by atoms with Crippen LogP contribution in [0.5, 0.6) is 5.75 Å². The lowest BCUT2D eigenvalue weighted by molar-refractivity contribution is -0.119. The summed E-state index contributed by atoms with van der Waals surface area (Å²) in [5, 5.41) is 20.5. The van der Waals surface area contributed by atoms with E-state index in [1.54, 1.807) is 12.1 Å². The Morgan fingerprint density at radius 3 is 2.37 bits per heavy atom. The molecule has 2 aliphatic rings. The Kier molecular flexibility index (Phi) is 5.65. The van der Waals surface area contributed by atoms with Gasteiger partial charge in [0.15, 0.2) is 0 Å². The van der Waals surface area contributed by atoms with Gasteiger partial charge in [0, 0.05) is 16.7 Å². The Morgan fingerprint density at radius 2 is 1.67 bits per heavy atom. The highest BCUT2D eigenvalue weighted by atomic mass is 16.5. The van der Waals surface area contributed by atoms with Gasteiger partial charge in [0.1, 0.15) is 5.75 Å². The first-order valence-corrected chi connectivity index (χ1v) is 9.13. The van der Waals surface area contributed by atoms with Gasteiger partial charge in [-0.25, -0.2) is 0 Å². The van der Waals surface area contributed by atoms with E-state index in [1.165, 1.54) is 20.3 Å². The molecule has 0 unspecified atom stereocenters. The number of methoxy groups -OCH3 is 2. The van der Waals surface area contributed by atoms with Crippen molar-refractivity contribution in [2.75, 3.05) is 14.2 Å². The van der Waals surface area contributed by atoms with E-state index >= 15 is 0 Å². The SMILES string of the molecule is COC1=C(OC)C(=O)C2=C(CCCC[C@@H](O)CCc3ccc(O)c2c3)C1=O. The van der Waals surface area contributed by atoms with Crippen LogP contribution in [0.25, 0.3) is 5.57 Å². The number of aryl methyl sites for hydroxylation is 1. The zero-order valence-electron chi connectivity index (χ0n) is 15.6. The molecule has 144 valence electrons. The van der Waals surface area contributed by atoms with Gasteiger partial charge in [0.05, 0.1) is 20.3 Å². The van der Waals surface area contributed by atoms with E-state index < -0.39 is 17.7 Å². The predicted molar refractivity (Wildman–Crippen MR) is 98.9 cm³/mol. The van der Waals surface area contributed by atoms with Crippen molar-refractivity contribution >= 4 is 17.1 Å². The molecule has 0 amide bonds. The third-order valence-electron chi connectivity index (χ3n) is 5.14.